The van der Waals surface area contributed by atoms with E-state index in [1.165, 1.54) is 16.7 Å². The van der Waals surface area contributed by atoms with Gasteiger partial charge in [0.1, 0.15) is 5.70 Å². The average molecular weight is 291 g/mol. The number of amides is 1. The molecule has 0 radical (unpaired) electrons. The summed E-state index contributed by atoms with van der Waals surface area (Å²) < 4.78 is 0. The Balaban J connectivity index is 1.90. The molecule has 1 aromatic heterocycles. The number of carbonyl (C=O) groups is 2. The Hall–Kier alpha value is -1.89. The van der Waals surface area contributed by atoms with Crippen molar-refractivity contribution in [2.24, 2.45) is 5.92 Å². The van der Waals surface area contributed by atoms with Gasteiger partial charge < -0.3 is 10.0 Å². The van der Waals surface area contributed by atoms with Crippen LogP contribution >= 0.6 is 11.8 Å². The fourth-order valence-electron chi connectivity index (χ4n) is 2.74. The van der Waals surface area contributed by atoms with E-state index in [0.717, 1.165) is 6.42 Å². The van der Waals surface area contributed by atoms with Crippen molar-refractivity contribution < 1.29 is 14.7 Å². The third-order valence-corrected chi connectivity index (χ3v) is 4.65. The van der Waals surface area contributed by atoms with E-state index in [4.69, 9.17) is 0 Å². The Morgan fingerprint density at radius 1 is 1.50 bits per heavy atom. The highest BCUT2D eigenvalue weighted by Gasteiger charge is 2.54. The third kappa shape index (κ3) is 1.89. The maximum atomic E-state index is 12.0. The molecule has 7 heteroatoms. The molecule has 3 heterocycles. The van der Waals surface area contributed by atoms with Gasteiger partial charge in [-0.25, -0.2) is 14.8 Å². The van der Waals surface area contributed by atoms with Crippen LogP contribution in [0, 0.1) is 5.92 Å². The molecule has 1 N–H and O–H groups in total. The molecule has 6 nitrogen and oxygen atoms in total. The van der Waals surface area contributed by atoms with Crippen LogP contribution in [0.15, 0.2) is 34.2 Å². The molecule has 20 heavy (non-hydrogen) atoms. The molecular weight excluding hydrogens is 278 g/mol. The molecule has 0 aliphatic carbocycles. The van der Waals surface area contributed by atoms with Gasteiger partial charge in [-0.2, -0.15) is 0 Å². The smallest absolute Gasteiger partial charge is 0.353 e. The van der Waals surface area contributed by atoms with E-state index in [0.29, 0.717) is 16.5 Å². The quantitative estimate of drug-likeness (QED) is 0.668. The van der Waals surface area contributed by atoms with Crippen molar-refractivity contribution in [3.63, 3.8) is 0 Å². The summed E-state index contributed by atoms with van der Waals surface area (Å²) in [5.74, 6) is -1.20. The van der Waals surface area contributed by atoms with Gasteiger partial charge in [0.15, 0.2) is 5.16 Å². The van der Waals surface area contributed by atoms with Crippen LogP contribution < -0.4 is 0 Å². The summed E-state index contributed by atoms with van der Waals surface area (Å²) >= 11 is 1.23. The number of nitrogens with zero attached hydrogens (tertiary/aromatic N) is 3. The average Bonchev–Trinajstić information content (AvgIpc) is 2.76. The molecule has 1 fully saturated rings. The zero-order valence-electron chi connectivity index (χ0n) is 10.8. The van der Waals surface area contributed by atoms with E-state index < -0.39 is 5.97 Å². The lowest BCUT2D eigenvalue weighted by Crippen LogP contribution is -2.58. The van der Waals surface area contributed by atoms with Crippen LogP contribution in [0.1, 0.15) is 19.8 Å². The summed E-state index contributed by atoms with van der Waals surface area (Å²) in [6, 6.07) is 1.69. The highest BCUT2D eigenvalue weighted by Crippen LogP contribution is 2.47. The predicted octanol–water partition coefficient (Wildman–Crippen LogP) is 1.51. The number of hydrogen-bond acceptors (Lipinski definition) is 5. The van der Waals surface area contributed by atoms with Crippen molar-refractivity contribution in [3.8, 4) is 0 Å². The Labute approximate surface area is 119 Å². The summed E-state index contributed by atoms with van der Waals surface area (Å²) in [6.07, 6.45) is 4.54. The van der Waals surface area contributed by atoms with Crippen LogP contribution in [0.3, 0.4) is 0 Å². The number of carboxylic acid groups (broad SMARTS) is 1. The van der Waals surface area contributed by atoms with Crippen LogP contribution in [0.5, 0.6) is 0 Å². The van der Waals surface area contributed by atoms with E-state index in [1.54, 1.807) is 18.5 Å². The number of β-lactam (4-membered cyclic amide) rings is 1. The number of fused-ring (bicyclic) bond motifs is 1. The second-order valence-electron chi connectivity index (χ2n) is 4.70. The summed E-state index contributed by atoms with van der Waals surface area (Å²) in [6.45, 7) is 1.95. The van der Waals surface area contributed by atoms with Crippen molar-refractivity contribution >= 4 is 23.6 Å². The second kappa shape index (κ2) is 4.90. The fraction of sp³-hybridized carbons (Fsp3) is 0.385. The molecule has 3 rings (SSSR count). The summed E-state index contributed by atoms with van der Waals surface area (Å²) in [5, 5.41) is 9.86. The zero-order chi connectivity index (χ0) is 14.3. The molecule has 2 aliphatic heterocycles. The molecule has 0 saturated carbocycles. The SMILES string of the molecule is CCC1C(=O)N2C(C(=O)O)=C(Sc3ncccn3)CC12. The highest BCUT2D eigenvalue weighted by molar-refractivity contribution is 8.03. The Bertz CT molecular complexity index is 602. The largest absolute Gasteiger partial charge is 0.477 e. The summed E-state index contributed by atoms with van der Waals surface area (Å²) in [7, 11) is 0. The molecule has 2 atom stereocenters. The monoisotopic (exact) mass is 291 g/mol. The third-order valence-electron chi connectivity index (χ3n) is 3.65. The molecule has 0 aromatic carbocycles. The van der Waals surface area contributed by atoms with Crippen molar-refractivity contribution in [2.45, 2.75) is 31.0 Å². The van der Waals surface area contributed by atoms with Gasteiger partial charge in [-0.15, -0.1) is 0 Å². The lowest BCUT2D eigenvalue weighted by molar-refractivity contribution is -0.155. The van der Waals surface area contributed by atoms with Gasteiger partial charge in [0.05, 0.1) is 12.0 Å². The number of carboxylic acids is 1. The van der Waals surface area contributed by atoms with Gasteiger partial charge in [0.25, 0.3) is 0 Å². The van der Waals surface area contributed by atoms with E-state index >= 15 is 0 Å². The Morgan fingerprint density at radius 3 is 2.80 bits per heavy atom. The zero-order valence-corrected chi connectivity index (χ0v) is 11.6. The number of thioether (sulfide) groups is 1. The molecule has 2 aliphatic rings. The first-order chi connectivity index (χ1) is 9.63. The fourth-order valence-corrected chi connectivity index (χ4v) is 3.73. The first-order valence-electron chi connectivity index (χ1n) is 6.37. The number of hydrogen-bond donors (Lipinski definition) is 1. The van der Waals surface area contributed by atoms with E-state index in [2.05, 4.69) is 9.97 Å². The highest BCUT2D eigenvalue weighted by atomic mass is 32.2. The number of rotatable bonds is 4. The molecule has 1 amide bonds. The standard InChI is InChI=1S/C13H13N3O3S/c1-2-7-8-6-9(20-13-14-4-3-5-15-13)10(12(18)19)16(8)11(7)17/h3-5,7-8H,2,6H2,1H3,(H,18,19). The van der Waals surface area contributed by atoms with Gasteiger partial charge >= 0.3 is 5.97 Å². The van der Waals surface area contributed by atoms with Crippen LogP contribution in [0.4, 0.5) is 0 Å². The van der Waals surface area contributed by atoms with E-state index in [1.807, 2.05) is 6.92 Å². The number of carbonyl (C=O) groups excluding carboxylic acids is 1. The van der Waals surface area contributed by atoms with Gasteiger partial charge in [0, 0.05) is 23.7 Å². The lowest BCUT2D eigenvalue weighted by atomic mass is 9.85. The van der Waals surface area contributed by atoms with Crippen LogP contribution in [0.25, 0.3) is 0 Å². The van der Waals surface area contributed by atoms with E-state index in [9.17, 15) is 14.7 Å². The lowest BCUT2D eigenvalue weighted by Gasteiger charge is -2.42. The molecular formula is C13H13N3O3S. The minimum Gasteiger partial charge on any atom is -0.477 e. The van der Waals surface area contributed by atoms with Gasteiger partial charge in [-0.3, -0.25) is 4.79 Å². The minimum atomic E-state index is -1.06. The van der Waals surface area contributed by atoms with Gasteiger partial charge in [-0.1, -0.05) is 18.7 Å². The number of aromatic nitrogens is 2. The van der Waals surface area contributed by atoms with Crippen LogP contribution in [-0.4, -0.2) is 37.9 Å². The van der Waals surface area contributed by atoms with Gasteiger partial charge in [-0.05, 0) is 12.5 Å². The first kappa shape index (κ1) is 13.1. The normalized spacial score (nSPS) is 24.6. The van der Waals surface area contributed by atoms with Crippen LogP contribution in [0.2, 0.25) is 0 Å². The maximum Gasteiger partial charge on any atom is 0.353 e. The van der Waals surface area contributed by atoms with Gasteiger partial charge in [0.2, 0.25) is 5.91 Å². The molecule has 104 valence electrons. The predicted molar refractivity (Wildman–Crippen MR) is 71.6 cm³/mol. The Kier molecular flexibility index (Phi) is 3.21. The topological polar surface area (TPSA) is 83.4 Å². The number of aliphatic carboxylic acids is 1. The molecule has 1 saturated heterocycles. The van der Waals surface area contributed by atoms with E-state index in [-0.39, 0.29) is 23.6 Å². The van der Waals surface area contributed by atoms with Crippen molar-refractivity contribution in [1.29, 1.82) is 0 Å². The Morgan fingerprint density at radius 2 is 2.20 bits per heavy atom. The first-order valence-corrected chi connectivity index (χ1v) is 7.19. The molecule has 1 aromatic rings. The summed E-state index contributed by atoms with van der Waals surface area (Å²) in [5.41, 5.74) is 0.0992. The van der Waals surface area contributed by atoms with Crippen molar-refractivity contribution in [2.75, 3.05) is 0 Å². The summed E-state index contributed by atoms with van der Waals surface area (Å²) in [4.78, 5) is 33.7. The van der Waals surface area contributed by atoms with Crippen molar-refractivity contribution in [1.82, 2.24) is 14.9 Å². The molecule has 2 unspecified atom stereocenters. The maximum absolute atomic E-state index is 12.0. The molecule has 0 bridgehead atoms. The minimum absolute atomic E-state index is 0.00943. The molecule has 0 spiro atoms. The van der Waals surface area contributed by atoms with Crippen LogP contribution in [-0.2, 0) is 9.59 Å². The second-order valence-corrected chi connectivity index (χ2v) is 5.77. The van der Waals surface area contributed by atoms with Crippen molar-refractivity contribution in [3.05, 3.63) is 29.1 Å².